The predicted molar refractivity (Wildman–Crippen MR) is 80.4 cm³/mol. The number of aromatic amines is 1. The Labute approximate surface area is 129 Å². The van der Waals surface area contributed by atoms with Crippen molar-refractivity contribution in [2.75, 3.05) is 10.6 Å². The highest BCUT2D eigenvalue weighted by Crippen LogP contribution is 2.19. The number of amides is 1. The maximum Gasteiger partial charge on any atom is 0.280 e. The van der Waals surface area contributed by atoms with Gasteiger partial charge < -0.3 is 10.6 Å². The molecule has 23 heavy (non-hydrogen) atoms. The van der Waals surface area contributed by atoms with E-state index in [1.54, 1.807) is 12.1 Å². The van der Waals surface area contributed by atoms with Gasteiger partial charge in [0.15, 0.2) is 11.5 Å². The van der Waals surface area contributed by atoms with E-state index < -0.39 is 17.5 Å². The summed E-state index contributed by atoms with van der Waals surface area (Å²) in [5, 5.41) is 15.2. The number of nitrogens with one attached hydrogen (secondary N) is 3. The molecule has 0 saturated heterocycles. The van der Waals surface area contributed by atoms with Crippen molar-refractivity contribution in [2.45, 2.75) is 0 Å². The second-order valence-corrected chi connectivity index (χ2v) is 4.62. The van der Waals surface area contributed by atoms with Gasteiger partial charge in [0.25, 0.3) is 5.91 Å². The van der Waals surface area contributed by atoms with E-state index in [-0.39, 0.29) is 17.2 Å². The number of benzene rings is 2. The molecule has 0 fully saturated rings. The van der Waals surface area contributed by atoms with Gasteiger partial charge in [-0.1, -0.05) is 12.1 Å². The van der Waals surface area contributed by atoms with Gasteiger partial charge in [-0.2, -0.15) is 5.21 Å². The van der Waals surface area contributed by atoms with E-state index in [9.17, 15) is 13.6 Å². The average Bonchev–Trinajstić information content (AvgIpc) is 2.95. The molecule has 0 radical (unpaired) electrons. The third kappa shape index (κ3) is 3.49. The van der Waals surface area contributed by atoms with E-state index in [1.165, 1.54) is 36.4 Å². The first kappa shape index (κ1) is 14.6. The van der Waals surface area contributed by atoms with Crippen LogP contribution in [0.3, 0.4) is 0 Å². The van der Waals surface area contributed by atoms with E-state index in [1.807, 2.05) is 0 Å². The van der Waals surface area contributed by atoms with Gasteiger partial charge in [0.1, 0.15) is 11.6 Å². The Hall–Kier alpha value is -3.29. The van der Waals surface area contributed by atoms with Crippen LogP contribution in [0.2, 0.25) is 0 Å². The number of hydrogen-bond donors (Lipinski definition) is 3. The van der Waals surface area contributed by atoms with E-state index in [0.717, 1.165) is 0 Å². The summed E-state index contributed by atoms with van der Waals surface area (Å²) in [5.74, 6) is -1.35. The lowest BCUT2D eigenvalue weighted by Gasteiger charge is -2.06. The summed E-state index contributed by atoms with van der Waals surface area (Å²) in [5.41, 5.74) is 0.673. The summed E-state index contributed by atoms with van der Waals surface area (Å²) in [6.45, 7) is 0. The van der Waals surface area contributed by atoms with E-state index in [4.69, 9.17) is 0 Å². The molecule has 0 aliphatic rings. The number of hydrogen-bond acceptors (Lipinski definition) is 4. The highest BCUT2D eigenvalue weighted by Gasteiger charge is 2.17. The molecule has 0 spiro atoms. The Bertz CT molecular complexity index is 849. The number of anilines is 3. The maximum atomic E-state index is 13.2. The Morgan fingerprint density at radius 2 is 1.61 bits per heavy atom. The fourth-order valence-corrected chi connectivity index (χ4v) is 1.94. The number of H-pyrrole nitrogens is 1. The first-order valence-electron chi connectivity index (χ1n) is 6.62. The van der Waals surface area contributed by atoms with Gasteiger partial charge in [-0.25, -0.2) is 8.78 Å². The lowest BCUT2D eigenvalue weighted by atomic mass is 10.3. The molecule has 0 aliphatic carbocycles. The molecule has 8 heteroatoms. The first-order valence-corrected chi connectivity index (χ1v) is 6.62. The topological polar surface area (TPSA) is 82.7 Å². The minimum Gasteiger partial charge on any atom is -0.337 e. The van der Waals surface area contributed by atoms with Crippen molar-refractivity contribution in [1.82, 2.24) is 15.4 Å². The lowest BCUT2D eigenvalue weighted by Crippen LogP contribution is -2.14. The minimum atomic E-state index is -0.580. The molecule has 3 N–H and O–H groups in total. The van der Waals surface area contributed by atoms with Crippen molar-refractivity contribution in [3.63, 3.8) is 0 Å². The standard InChI is InChI=1S/C15H11F2N5O/c16-9-3-1-5-11(7-9)18-14-13(20-22-21-14)15(23)19-12-6-2-4-10(17)8-12/h1-8H,(H,19,23)(H2,18,20,21,22). The number of nitrogens with zero attached hydrogens (tertiary/aromatic N) is 2. The number of carbonyl (C=O) groups excluding carboxylic acids is 1. The normalized spacial score (nSPS) is 10.3. The van der Waals surface area contributed by atoms with Crippen LogP contribution in [0.1, 0.15) is 10.5 Å². The molecule has 6 nitrogen and oxygen atoms in total. The van der Waals surface area contributed by atoms with Gasteiger partial charge in [-0.05, 0) is 36.4 Å². The molecular weight excluding hydrogens is 304 g/mol. The molecule has 1 heterocycles. The molecule has 1 aromatic heterocycles. The fraction of sp³-hybridized carbons (Fsp3) is 0. The number of carbonyl (C=O) groups is 1. The molecule has 0 bridgehead atoms. The van der Waals surface area contributed by atoms with Crippen LogP contribution in [-0.4, -0.2) is 21.3 Å². The molecular formula is C15H11F2N5O. The van der Waals surface area contributed by atoms with Crippen LogP contribution in [-0.2, 0) is 0 Å². The van der Waals surface area contributed by atoms with Crippen LogP contribution in [0.25, 0.3) is 0 Å². The molecule has 0 aliphatic heterocycles. The van der Waals surface area contributed by atoms with Crippen LogP contribution in [0.4, 0.5) is 26.0 Å². The van der Waals surface area contributed by atoms with Crippen molar-refractivity contribution in [3.05, 3.63) is 65.9 Å². The Kier molecular flexibility index (Phi) is 3.96. The van der Waals surface area contributed by atoms with Gasteiger partial charge in [-0.3, -0.25) is 4.79 Å². The van der Waals surface area contributed by atoms with Crippen molar-refractivity contribution < 1.29 is 13.6 Å². The van der Waals surface area contributed by atoms with Crippen LogP contribution in [0, 0.1) is 11.6 Å². The highest BCUT2D eigenvalue weighted by molar-refractivity contribution is 6.06. The fourth-order valence-electron chi connectivity index (χ4n) is 1.94. The van der Waals surface area contributed by atoms with Gasteiger partial charge in [0, 0.05) is 11.4 Å². The second-order valence-electron chi connectivity index (χ2n) is 4.62. The van der Waals surface area contributed by atoms with Crippen molar-refractivity contribution in [3.8, 4) is 0 Å². The SMILES string of the molecule is O=C(Nc1cccc(F)c1)c1n[nH]nc1Nc1cccc(F)c1. The molecule has 2 aromatic carbocycles. The highest BCUT2D eigenvalue weighted by atomic mass is 19.1. The largest absolute Gasteiger partial charge is 0.337 e. The molecule has 116 valence electrons. The summed E-state index contributed by atoms with van der Waals surface area (Å²) in [6.07, 6.45) is 0. The third-order valence-electron chi connectivity index (χ3n) is 2.93. The number of rotatable bonds is 4. The van der Waals surface area contributed by atoms with E-state index >= 15 is 0 Å². The summed E-state index contributed by atoms with van der Waals surface area (Å²) in [4.78, 5) is 12.2. The monoisotopic (exact) mass is 315 g/mol. The quantitative estimate of drug-likeness (QED) is 0.691. The molecule has 3 rings (SSSR count). The summed E-state index contributed by atoms with van der Waals surface area (Å²) >= 11 is 0. The van der Waals surface area contributed by atoms with Crippen LogP contribution < -0.4 is 10.6 Å². The number of halogens is 2. The van der Waals surface area contributed by atoms with Crippen LogP contribution in [0.15, 0.2) is 48.5 Å². The van der Waals surface area contributed by atoms with Crippen molar-refractivity contribution >= 4 is 23.1 Å². The third-order valence-corrected chi connectivity index (χ3v) is 2.93. The predicted octanol–water partition coefficient (Wildman–Crippen LogP) is 3.08. The van der Waals surface area contributed by atoms with Crippen LogP contribution in [0.5, 0.6) is 0 Å². The van der Waals surface area contributed by atoms with Gasteiger partial charge in [-0.15, -0.1) is 10.2 Å². The van der Waals surface area contributed by atoms with Crippen molar-refractivity contribution in [1.29, 1.82) is 0 Å². The van der Waals surface area contributed by atoms with E-state index in [0.29, 0.717) is 5.69 Å². The van der Waals surface area contributed by atoms with Gasteiger partial charge in [0.05, 0.1) is 0 Å². The Balaban J connectivity index is 1.79. The maximum absolute atomic E-state index is 13.2. The van der Waals surface area contributed by atoms with E-state index in [2.05, 4.69) is 26.0 Å². The zero-order valence-corrected chi connectivity index (χ0v) is 11.7. The molecule has 3 aromatic rings. The minimum absolute atomic E-state index is 0.0291. The smallest absolute Gasteiger partial charge is 0.280 e. The zero-order valence-electron chi connectivity index (χ0n) is 11.7. The molecule has 1 amide bonds. The van der Waals surface area contributed by atoms with Crippen molar-refractivity contribution in [2.24, 2.45) is 0 Å². The molecule has 0 unspecified atom stereocenters. The average molecular weight is 315 g/mol. The lowest BCUT2D eigenvalue weighted by molar-refractivity contribution is 0.102. The summed E-state index contributed by atoms with van der Waals surface area (Å²) < 4.78 is 26.3. The zero-order chi connectivity index (χ0) is 16.2. The number of aromatic nitrogens is 3. The summed E-state index contributed by atoms with van der Waals surface area (Å²) in [7, 11) is 0. The van der Waals surface area contributed by atoms with Gasteiger partial charge >= 0.3 is 0 Å². The van der Waals surface area contributed by atoms with Gasteiger partial charge in [0.2, 0.25) is 0 Å². The van der Waals surface area contributed by atoms with Crippen LogP contribution >= 0.6 is 0 Å². The Morgan fingerprint density at radius 3 is 2.30 bits per heavy atom. The molecule has 0 saturated carbocycles. The summed E-state index contributed by atoms with van der Waals surface area (Å²) in [6, 6.07) is 11.1. The Morgan fingerprint density at radius 1 is 0.957 bits per heavy atom. The molecule has 0 atom stereocenters. The second kappa shape index (κ2) is 6.22. The first-order chi connectivity index (χ1) is 11.1.